The van der Waals surface area contributed by atoms with E-state index in [1.165, 1.54) is 0 Å². The molecule has 84 valence electrons. The van der Waals surface area contributed by atoms with E-state index in [0.717, 1.165) is 0 Å². The lowest BCUT2D eigenvalue weighted by Gasteiger charge is -2.05. The van der Waals surface area contributed by atoms with Crippen molar-refractivity contribution in [2.45, 2.75) is 6.42 Å². The number of ether oxygens (including phenoxy) is 1. The SMILES string of the molecule is O=C(CCNO)NCCOCCNO. The van der Waals surface area contributed by atoms with E-state index >= 15 is 0 Å². The van der Waals surface area contributed by atoms with Gasteiger partial charge in [-0.15, -0.1) is 0 Å². The first-order valence-electron chi connectivity index (χ1n) is 4.39. The fourth-order valence-corrected chi connectivity index (χ4v) is 0.740. The fourth-order valence-electron chi connectivity index (χ4n) is 0.740. The maximum atomic E-state index is 10.9. The monoisotopic (exact) mass is 207 g/mol. The van der Waals surface area contributed by atoms with Crippen molar-refractivity contribution in [3.05, 3.63) is 0 Å². The summed E-state index contributed by atoms with van der Waals surface area (Å²) in [5.41, 5.74) is 3.84. The maximum absolute atomic E-state index is 10.9. The quantitative estimate of drug-likeness (QED) is 0.232. The number of hydroxylamine groups is 2. The average molecular weight is 207 g/mol. The largest absolute Gasteiger partial charge is 0.378 e. The van der Waals surface area contributed by atoms with Crippen LogP contribution in [0.15, 0.2) is 0 Å². The summed E-state index contributed by atoms with van der Waals surface area (Å²) in [7, 11) is 0. The van der Waals surface area contributed by atoms with Crippen molar-refractivity contribution in [3.8, 4) is 0 Å². The lowest BCUT2D eigenvalue weighted by Crippen LogP contribution is -2.30. The van der Waals surface area contributed by atoms with Crippen LogP contribution in [0.3, 0.4) is 0 Å². The van der Waals surface area contributed by atoms with E-state index in [0.29, 0.717) is 26.3 Å². The minimum absolute atomic E-state index is 0.143. The number of rotatable bonds is 9. The van der Waals surface area contributed by atoms with Gasteiger partial charge in [0.1, 0.15) is 0 Å². The second kappa shape index (κ2) is 10.4. The molecule has 0 fully saturated rings. The van der Waals surface area contributed by atoms with Crippen molar-refractivity contribution >= 4 is 5.91 Å². The summed E-state index contributed by atoms with van der Waals surface area (Å²) in [6.45, 7) is 1.82. The van der Waals surface area contributed by atoms with Gasteiger partial charge in [0.05, 0.1) is 13.2 Å². The molecular formula is C7H17N3O4. The Hall–Kier alpha value is -0.730. The molecule has 0 unspecified atom stereocenters. The summed E-state index contributed by atoms with van der Waals surface area (Å²) in [4.78, 5) is 10.9. The van der Waals surface area contributed by atoms with E-state index in [9.17, 15) is 4.79 Å². The summed E-state index contributed by atoms with van der Waals surface area (Å²) >= 11 is 0. The van der Waals surface area contributed by atoms with E-state index in [-0.39, 0.29) is 18.9 Å². The van der Waals surface area contributed by atoms with Gasteiger partial charge in [0.15, 0.2) is 0 Å². The van der Waals surface area contributed by atoms with Gasteiger partial charge in [0.2, 0.25) is 5.91 Å². The molecule has 0 aliphatic carbocycles. The zero-order valence-electron chi connectivity index (χ0n) is 7.95. The first-order valence-corrected chi connectivity index (χ1v) is 4.39. The van der Waals surface area contributed by atoms with Crippen LogP contribution in [0.1, 0.15) is 6.42 Å². The van der Waals surface area contributed by atoms with Gasteiger partial charge in [0, 0.05) is 26.1 Å². The highest BCUT2D eigenvalue weighted by Crippen LogP contribution is 1.77. The highest BCUT2D eigenvalue weighted by molar-refractivity contribution is 5.75. The van der Waals surface area contributed by atoms with E-state index in [2.05, 4.69) is 5.32 Å². The van der Waals surface area contributed by atoms with Crippen molar-refractivity contribution in [3.63, 3.8) is 0 Å². The van der Waals surface area contributed by atoms with Crippen LogP contribution in [-0.2, 0) is 9.53 Å². The molecule has 0 saturated heterocycles. The van der Waals surface area contributed by atoms with E-state index in [4.69, 9.17) is 15.2 Å². The molecule has 0 spiro atoms. The molecule has 7 nitrogen and oxygen atoms in total. The highest BCUT2D eigenvalue weighted by atomic mass is 16.5. The van der Waals surface area contributed by atoms with Gasteiger partial charge in [0.25, 0.3) is 0 Å². The zero-order chi connectivity index (χ0) is 10.6. The van der Waals surface area contributed by atoms with Crippen LogP contribution in [-0.4, -0.2) is 49.2 Å². The molecular weight excluding hydrogens is 190 g/mol. The minimum atomic E-state index is -0.143. The normalized spacial score (nSPS) is 10.1. The lowest BCUT2D eigenvalue weighted by molar-refractivity contribution is -0.121. The first kappa shape index (κ1) is 13.3. The van der Waals surface area contributed by atoms with Crippen molar-refractivity contribution in [2.24, 2.45) is 0 Å². The third kappa shape index (κ3) is 9.36. The minimum Gasteiger partial charge on any atom is -0.378 e. The number of carbonyl (C=O) groups is 1. The van der Waals surface area contributed by atoms with Crippen LogP contribution in [0.25, 0.3) is 0 Å². The molecule has 0 aromatic heterocycles. The number of hydrogen-bond acceptors (Lipinski definition) is 6. The Kier molecular flexibility index (Phi) is 9.81. The van der Waals surface area contributed by atoms with Gasteiger partial charge in [-0.25, -0.2) is 11.0 Å². The number of carbonyl (C=O) groups excluding carboxylic acids is 1. The zero-order valence-corrected chi connectivity index (χ0v) is 7.95. The number of hydrogen-bond donors (Lipinski definition) is 5. The second-order valence-corrected chi connectivity index (χ2v) is 2.53. The molecule has 0 heterocycles. The van der Waals surface area contributed by atoms with Gasteiger partial charge >= 0.3 is 0 Å². The van der Waals surface area contributed by atoms with Crippen LogP contribution >= 0.6 is 0 Å². The smallest absolute Gasteiger partial charge is 0.221 e. The molecule has 0 aliphatic rings. The maximum Gasteiger partial charge on any atom is 0.221 e. The summed E-state index contributed by atoms with van der Waals surface area (Å²) in [6.07, 6.45) is 0.231. The Morgan fingerprint density at radius 3 is 2.36 bits per heavy atom. The van der Waals surface area contributed by atoms with Crippen molar-refractivity contribution in [1.82, 2.24) is 16.3 Å². The molecule has 0 radical (unpaired) electrons. The van der Waals surface area contributed by atoms with Gasteiger partial charge < -0.3 is 20.5 Å². The van der Waals surface area contributed by atoms with Crippen LogP contribution in [0, 0.1) is 0 Å². The average Bonchev–Trinajstić information content (AvgIpc) is 2.20. The molecule has 5 N–H and O–H groups in total. The Balaban J connectivity index is 3.07. The highest BCUT2D eigenvalue weighted by Gasteiger charge is 1.98. The molecule has 0 aromatic carbocycles. The van der Waals surface area contributed by atoms with Gasteiger partial charge in [-0.1, -0.05) is 0 Å². The molecule has 0 rings (SSSR count). The molecule has 0 aliphatic heterocycles. The predicted octanol–water partition coefficient (Wildman–Crippen LogP) is -1.53. The van der Waals surface area contributed by atoms with Crippen LogP contribution in [0.2, 0.25) is 0 Å². The molecule has 14 heavy (non-hydrogen) atoms. The van der Waals surface area contributed by atoms with Gasteiger partial charge in [-0.05, 0) is 0 Å². The number of amides is 1. The van der Waals surface area contributed by atoms with E-state index in [1.807, 2.05) is 11.0 Å². The second-order valence-electron chi connectivity index (χ2n) is 2.53. The van der Waals surface area contributed by atoms with Gasteiger partial charge in [-0.3, -0.25) is 4.79 Å². The summed E-state index contributed by atoms with van der Waals surface area (Å²) < 4.78 is 5.03. The molecule has 0 bridgehead atoms. The standard InChI is InChI=1S/C7H17N3O4/c11-7(1-2-9-12)8-3-5-14-6-4-10-13/h9-10,12-13H,1-6H2,(H,8,11). The van der Waals surface area contributed by atoms with E-state index in [1.54, 1.807) is 0 Å². The Labute approximate surface area is 82.4 Å². The Morgan fingerprint density at radius 1 is 1.07 bits per heavy atom. The summed E-state index contributed by atoms with van der Waals surface area (Å²) in [5, 5.41) is 19.0. The van der Waals surface area contributed by atoms with Gasteiger partial charge in [-0.2, -0.15) is 0 Å². The molecule has 0 aromatic rings. The van der Waals surface area contributed by atoms with Crippen molar-refractivity contribution in [2.75, 3.05) is 32.8 Å². The Bertz CT molecular complexity index is 145. The Morgan fingerprint density at radius 2 is 1.71 bits per heavy atom. The first-order chi connectivity index (χ1) is 6.81. The van der Waals surface area contributed by atoms with E-state index < -0.39 is 0 Å². The van der Waals surface area contributed by atoms with Crippen molar-refractivity contribution in [1.29, 1.82) is 0 Å². The lowest BCUT2D eigenvalue weighted by atomic mass is 10.4. The number of nitrogens with one attached hydrogen (secondary N) is 3. The topological polar surface area (TPSA) is 103 Å². The summed E-state index contributed by atoms with van der Waals surface area (Å²) in [5.74, 6) is -0.143. The van der Waals surface area contributed by atoms with Crippen molar-refractivity contribution < 1.29 is 19.9 Å². The molecule has 0 saturated carbocycles. The fraction of sp³-hybridized carbons (Fsp3) is 0.857. The third-order valence-corrected chi connectivity index (χ3v) is 1.39. The molecule has 7 heteroatoms. The molecule has 1 amide bonds. The van der Waals surface area contributed by atoms with Crippen LogP contribution in [0.5, 0.6) is 0 Å². The van der Waals surface area contributed by atoms with Crippen LogP contribution < -0.4 is 16.3 Å². The summed E-state index contributed by atoms with van der Waals surface area (Å²) in [6, 6.07) is 0. The third-order valence-electron chi connectivity index (χ3n) is 1.39. The molecule has 0 atom stereocenters. The van der Waals surface area contributed by atoms with Crippen LogP contribution in [0.4, 0.5) is 0 Å². The predicted molar refractivity (Wildman–Crippen MR) is 48.0 cm³/mol.